The van der Waals surface area contributed by atoms with Crippen molar-refractivity contribution in [3.05, 3.63) is 47.0 Å². The Morgan fingerprint density at radius 1 is 0.698 bits per heavy atom. The number of hydrogen-bond donors (Lipinski definition) is 5. The Hall–Kier alpha value is -4.26. The van der Waals surface area contributed by atoms with E-state index in [1.165, 1.54) is 45.2 Å². The van der Waals surface area contributed by atoms with Gasteiger partial charge in [0.1, 0.15) is 29.2 Å². The van der Waals surface area contributed by atoms with Crippen LogP contribution in [0.4, 0.5) is 0 Å². The fourth-order valence-electron chi connectivity index (χ4n) is 5.55. The van der Waals surface area contributed by atoms with Gasteiger partial charge in [0.15, 0.2) is 0 Å². The van der Waals surface area contributed by atoms with Gasteiger partial charge in [0.2, 0.25) is 0 Å². The van der Waals surface area contributed by atoms with E-state index in [1.807, 2.05) is 0 Å². The molecule has 2 aliphatic carbocycles. The predicted octanol–water partition coefficient (Wildman–Crippen LogP) is 1.72. The van der Waals surface area contributed by atoms with Crippen molar-refractivity contribution in [2.45, 2.75) is 75.9 Å². The minimum absolute atomic E-state index is 0.108. The lowest BCUT2D eigenvalue weighted by atomic mass is 9.90. The van der Waals surface area contributed by atoms with Gasteiger partial charge in [-0.1, -0.05) is 19.3 Å². The summed E-state index contributed by atoms with van der Waals surface area (Å²) in [7, 11) is 2.88. The second-order valence-corrected chi connectivity index (χ2v) is 10.9. The molecule has 0 saturated heterocycles. The molecule has 0 atom stereocenters. The molecule has 4 rings (SSSR count). The Bertz CT molecular complexity index is 1310. The third-order valence-electron chi connectivity index (χ3n) is 7.91. The highest BCUT2D eigenvalue weighted by molar-refractivity contribution is 6.03. The molecule has 2 saturated carbocycles. The summed E-state index contributed by atoms with van der Waals surface area (Å²) >= 11 is 0. The minimum atomic E-state index is -0.407. The van der Waals surface area contributed by atoms with Crippen LogP contribution in [-0.2, 0) is 0 Å². The number of aromatic nitrogens is 2. The van der Waals surface area contributed by atoms with Crippen molar-refractivity contribution in [3.8, 4) is 11.5 Å². The van der Waals surface area contributed by atoms with Crippen LogP contribution in [0.1, 0.15) is 99.5 Å². The fraction of sp³-hybridized carbons (Fsp3) is 0.533. The number of carbonyl (C=O) groups excluding carboxylic acids is 4. The van der Waals surface area contributed by atoms with Crippen LogP contribution >= 0.6 is 0 Å². The summed E-state index contributed by atoms with van der Waals surface area (Å²) in [5.41, 5.74) is 6.21. The lowest BCUT2D eigenvalue weighted by Crippen LogP contribution is -2.44. The van der Waals surface area contributed by atoms with Crippen molar-refractivity contribution in [1.82, 2.24) is 31.2 Å². The molecule has 0 unspecified atom stereocenters. The molecule has 0 bridgehead atoms. The first kappa shape index (κ1) is 31.7. The normalized spacial score (nSPS) is 18.7. The maximum Gasteiger partial charge on any atom is 0.270 e. The zero-order chi connectivity index (χ0) is 30.8. The van der Waals surface area contributed by atoms with E-state index in [0.717, 1.165) is 25.7 Å². The average Bonchev–Trinajstić information content (AvgIpc) is 3.04. The van der Waals surface area contributed by atoms with E-state index in [-0.39, 0.29) is 83.0 Å². The Morgan fingerprint density at radius 3 is 1.70 bits per heavy atom. The Labute approximate surface area is 251 Å². The molecular formula is C30H41N7O6. The molecule has 2 fully saturated rings. The van der Waals surface area contributed by atoms with Gasteiger partial charge >= 0.3 is 0 Å². The number of hydrogen-bond acceptors (Lipinski definition) is 9. The van der Waals surface area contributed by atoms with E-state index in [0.29, 0.717) is 25.7 Å². The number of methoxy groups -OCH3 is 2. The van der Waals surface area contributed by atoms with Crippen LogP contribution in [0.3, 0.4) is 0 Å². The Balaban J connectivity index is 1.31. The molecule has 43 heavy (non-hydrogen) atoms. The van der Waals surface area contributed by atoms with E-state index in [9.17, 15) is 19.2 Å². The van der Waals surface area contributed by atoms with E-state index in [4.69, 9.17) is 15.2 Å². The summed E-state index contributed by atoms with van der Waals surface area (Å²) in [4.78, 5) is 59.6. The van der Waals surface area contributed by atoms with Gasteiger partial charge < -0.3 is 36.5 Å². The van der Waals surface area contributed by atoms with Crippen molar-refractivity contribution in [2.75, 3.05) is 27.3 Å². The third-order valence-corrected chi connectivity index (χ3v) is 7.91. The summed E-state index contributed by atoms with van der Waals surface area (Å²) < 4.78 is 10.7. The summed E-state index contributed by atoms with van der Waals surface area (Å²) in [5, 5.41) is 11.7. The summed E-state index contributed by atoms with van der Waals surface area (Å²) in [6, 6.07) is 4.29. The van der Waals surface area contributed by atoms with Gasteiger partial charge in [0, 0.05) is 43.3 Å². The number of amides is 4. The highest BCUT2D eigenvalue weighted by atomic mass is 16.5. The van der Waals surface area contributed by atoms with Crippen LogP contribution in [0.15, 0.2) is 24.5 Å². The monoisotopic (exact) mass is 595 g/mol. The SMILES string of the molecule is COc1cc(OC)c(C(=O)NC2CCC(NC(=O)c3cc(C(=O)NC4CCCCC4)ncn3)CC2)cc1C(=O)NCCN. The highest BCUT2D eigenvalue weighted by Crippen LogP contribution is 2.30. The van der Waals surface area contributed by atoms with Gasteiger partial charge in [-0.15, -0.1) is 0 Å². The predicted molar refractivity (Wildman–Crippen MR) is 158 cm³/mol. The highest BCUT2D eigenvalue weighted by Gasteiger charge is 2.27. The fourth-order valence-corrected chi connectivity index (χ4v) is 5.55. The van der Waals surface area contributed by atoms with Gasteiger partial charge in [-0.05, 0) is 44.6 Å². The van der Waals surface area contributed by atoms with E-state index in [1.54, 1.807) is 0 Å². The van der Waals surface area contributed by atoms with Crippen LogP contribution in [0.2, 0.25) is 0 Å². The second-order valence-electron chi connectivity index (χ2n) is 10.9. The number of nitrogens with one attached hydrogen (secondary N) is 4. The number of ether oxygens (including phenoxy) is 2. The van der Waals surface area contributed by atoms with E-state index in [2.05, 4.69) is 31.2 Å². The summed E-state index contributed by atoms with van der Waals surface area (Å²) in [6.45, 7) is 0.557. The topological polar surface area (TPSA) is 187 Å². The van der Waals surface area contributed by atoms with Crippen LogP contribution < -0.4 is 36.5 Å². The molecule has 2 aliphatic rings. The molecule has 0 spiro atoms. The molecule has 13 nitrogen and oxygen atoms in total. The number of nitrogens with two attached hydrogens (primary N) is 1. The number of nitrogens with zero attached hydrogens (tertiary/aromatic N) is 2. The molecule has 2 aromatic rings. The lowest BCUT2D eigenvalue weighted by molar-refractivity contribution is 0.0885. The lowest BCUT2D eigenvalue weighted by Gasteiger charge is -2.29. The molecule has 1 aromatic carbocycles. The quantitative estimate of drug-likeness (QED) is 0.258. The van der Waals surface area contributed by atoms with Crippen molar-refractivity contribution < 1.29 is 28.7 Å². The second kappa shape index (κ2) is 15.3. The first-order chi connectivity index (χ1) is 20.8. The van der Waals surface area contributed by atoms with Crippen LogP contribution in [0.25, 0.3) is 0 Å². The van der Waals surface area contributed by atoms with Crippen molar-refractivity contribution in [2.24, 2.45) is 5.73 Å². The Morgan fingerprint density at radius 2 is 1.19 bits per heavy atom. The maximum absolute atomic E-state index is 13.2. The molecule has 0 aliphatic heterocycles. The minimum Gasteiger partial charge on any atom is -0.496 e. The van der Waals surface area contributed by atoms with Gasteiger partial charge in [-0.2, -0.15) is 0 Å². The van der Waals surface area contributed by atoms with Gasteiger partial charge in [0.25, 0.3) is 23.6 Å². The van der Waals surface area contributed by atoms with Crippen molar-refractivity contribution >= 4 is 23.6 Å². The average molecular weight is 596 g/mol. The van der Waals surface area contributed by atoms with E-state index >= 15 is 0 Å². The molecule has 1 heterocycles. The molecular weight excluding hydrogens is 554 g/mol. The van der Waals surface area contributed by atoms with Gasteiger partial charge in [0.05, 0.1) is 25.3 Å². The zero-order valence-corrected chi connectivity index (χ0v) is 24.7. The Kier molecular flexibility index (Phi) is 11.3. The van der Waals surface area contributed by atoms with E-state index < -0.39 is 5.91 Å². The first-order valence-corrected chi connectivity index (χ1v) is 14.8. The van der Waals surface area contributed by atoms with Crippen LogP contribution in [0, 0.1) is 0 Å². The summed E-state index contributed by atoms with van der Waals surface area (Å²) in [5.74, 6) is -0.889. The standard InChI is InChI=1S/C30H41N7O6/c1-42-25-16-26(43-2)22(14-21(25)27(38)32-13-12-31)28(39)35-19-8-10-20(11-9-19)37-30(41)24-15-23(33-17-34-24)29(40)36-18-6-4-3-5-7-18/h14-20H,3-13,31H2,1-2H3,(H,32,38)(H,35,39)(H,36,40)(H,37,41). The largest absolute Gasteiger partial charge is 0.496 e. The van der Waals surface area contributed by atoms with Gasteiger partial charge in [-0.25, -0.2) is 9.97 Å². The molecule has 1 aromatic heterocycles. The maximum atomic E-state index is 13.2. The molecule has 4 amide bonds. The van der Waals surface area contributed by atoms with Crippen LogP contribution in [-0.4, -0.2) is 79.0 Å². The first-order valence-electron chi connectivity index (χ1n) is 14.8. The molecule has 232 valence electrons. The number of benzene rings is 1. The molecule has 6 N–H and O–H groups in total. The number of rotatable bonds is 11. The summed E-state index contributed by atoms with van der Waals surface area (Å²) in [6.07, 6.45) is 9.08. The third kappa shape index (κ3) is 8.40. The smallest absolute Gasteiger partial charge is 0.270 e. The molecule has 0 radical (unpaired) electrons. The molecule has 13 heteroatoms. The van der Waals surface area contributed by atoms with Gasteiger partial charge in [-0.3, -0.25) is 19.2 Å². The zero-order valence-electron chi connectivity index (χ0n) is 24.7. The van der Waals surface area contributed by atoms with Crippen molar-refractivity contribution in [3.63, 3.8) is 0 Å². The van der Waals surface area contributed by atoms with Crippen LogP contribution in [0.5, 0.6) is 11.5 Å². The van der Waals surface area contributed by atoms with Crippen molar-refractivity contribution in [1.29, 1.82) is 0 Å². The number of carbonyl (C=O) groups is 4.